The van der Waals surface area contributed by atoms with Crippen LogP contribution in [0, 0.1) is 10.1 Å². The topological polar surface area (TPSA) is 126 Å². The Bertz CT molecular complexity index is 1070. The lowest BCUT2D eigenvalue weighted by Crippen LogP contribution is -2.05. The maximum Gasteiger partial charge on any atom is 0.288 e. The van der Waals surface area contributed by atoms with Crippen LogP contribution in [0.25, 0.3) is 16.6 Å². The molecule has 0 unspecified atom stereocenters. The number of H-pyrrole nitrogens is 1. The van der Waals surface area contributed by atoms with Gasteiger partial charge in [0.2, 0.25) is 0 Å². The molecule has 0 bridgehead atoms. The fourth-order valence-corrected chi connectivity index (χ4v) is 2.89. The lowest BCUT2D eigenvalue weighted by Gasteiger charge is -2.04. The minimum atomic E-state index is -0.562. The summed E-state index contributed by atoms with van der Waals surface area (Å²) in [6.45, 7) is 0. The van der Waals surface area contributed by atoms with E-state index in [4.69, 9.17) is 11.6 Å². The number of amides is 1. The van der Waals surface area contributed by atoms with Gasteiger partial charge in [0.1, 0.15) is 10.5 Å². The third kappa shape index (κ3) is 2.46. The summed E-state index contributed by atoms with van der Waals surface area (Å²) >= 11 is 5.89. The van der Waals surface area contributed by atoms with Crippen molar-refractivity contribution >= 4 is 51.2 Å². The van der Waals surface area contributed by atoms with E-state index in [9.17, 15) is 14.9 Å². The van der Waals surface area contributed by atoms with Gasteiger partial charge in [0.05, 0.1) is 21.7 Å². The van der Waals surface area contributed by atoms with Crippen molar-refractivity contribution in [3.05, 3.63) is 57.2 Å². The van der Waals surface area contributed by atoms with Gasteiger partial charge in [-0.3, -0.25) is 20.0 Å². The first-order chi connectivity index (χ1) is 12.0. The van der Waals surface area contributed by atoms with Gasteiger partial charge in [-0.05, 0) is 24.3 Å². The number of benzene rings is 2. The number of anilines is 2. The van der Waals surface area contributed by atoms with E-state index < -0.39 is 4.92 Å². The summed E-state index contributed by atoms with van der Waals surface area (Å²) in [5.41, 5.74) is 3.31. The molecule has 3 N–H and O–H groups in total. The minimum absolute atomic E-state index is 0.00447. The maximum absolute atomic E-state index is 12.2. The summed E-state index contributed by atoms with van der Waals surface area (Å²) in [5.74, 6) is -0.280. The molecule has 0 atom stereocenters. The summed E-state index contributed by atoms with van der Waals surface area (Å²) in [5, 5.41) is 27.0. The highest BCUT2D eigenvalue weighted by Crippen LogP contribution is 2.36. The number of carbonyl (C=O) groups excluding carboxylic acids is 1. The zero-order valence-electron chi connectivity index (χ0n) is 12.4. The second-order valence-electron chi connectivity index (χ2n) is 5.27. The Morgan fingerprint density at radius 1 is 1.28 bits per heavy atom. The molecule has 0 saturated heterocycles. The molecule has 0 fully saturated rings. The number of fused-ring (bicyclic) bond motifs is 3. The van der Waals surface area contributed by atoms with E-state index >= 15 is 0 Å². The Morgan fingerprint density at radius 2 is 2.12 bits per heavy atom. The molecule has 0 aliphatic carbocycles. The van der Waals surface area contributed by atoms with Crippen LogP contribution in [-0.2, 0) is 4.79 Å². The number of hydrogen-bond acceptors (Lipinski definition) is 6. The van der Waals surface area contributed by atoms with E-state index in [1.165, 1.54) is 24.4 Å². The van der Waals surface area contributed by atoms with Crippen molar-refractivity contribution in [1.29, 1.82) is 0 Å². The highest BCUT2D eigenvalue weighted by atomic mass is 35.5. The molecule has 1 amide bonds. The van der Waals surface area contributed by atoms with Crippen LogP contribution in [0.4, 0.5) is 17.1 Å². The normalized spacial score (nSPS) is 14.6. The quantitative estimate of drug-likeness (QED) is 0.376. The van der Waals surface area contributed by atoms with Crippen LogP contribution in [-0.4, -0.2) is 26.2 Å². The summed E-state index contributed by atoms with van der Waals surface area (Å²) in [6, 6.07) is 7.73. The molecule has 2 aromatic carbocycles. The third-order valence-corrected chi connectivity index (χ3v) is 4.10. The Morgan fingerprint density at radius 3 is 2.88 bits per heavy atom. The molecule has 1 aliphatic heterocycles. The molecule has 0 spiro atoms. The number of hydrogen-bond donors (Lipinski definition) is 3. The molecule has 25 heavy (non-hydrogen) atoms. The van der Waals surface area contributed by atoms with Gasteiger partial charge in [-0.25, -0.2) is 0 Å². The van der Waals surface area contributed by atoms with Crippen LogP contribution in [0.15, 0.2) is 36.5 Å². The van der Waals surface area contributed by atoms with E-state index in [1.807, 2.05) is 0 Å². The molecule has 1 aliphatic rings. The van der Waals surface area contributed by atoms with Crippen LogP contribution in [0.3, 0.4) is 0 Å². The van der Waals surface area contributed by atoms with Crippen molar-refractivity contribution in [2.75, 3.05) is 10.6 Å². The van der Waals surface area contributed by atoms with Crippen LogP contribution >= 0.6 is 11.6 Å². The van der Waals surface area contributed by atoms with Crippen molar-refractivity contribution in [3.8, 4) is 0 Å². The number of halogens is 1. The predicted molar refractivity (Wildman–Crippen MR) is 92.2 cm³/mol. The molecule has 0 radical (unpaired) electrons. The SMILES string of the molecule is O=C1Nc2ccc3nn[nH]c3c2C1=CNc1ccc([N+](=O)[O-])c(Cl)c1. The Kier molecular flexibility index (Phi) is 3.36. The zero-order chi connectivity index (χ0) is 17.6. The number of aromatic nitrogens is 3. The van der Waals surface area contributed by atoms with E-state index in [0.717, 1.165) is 0 Å². The molecule has 9 nitrogen and oxygen atoms in total. The molecule has 10 heteroatoms. The monoisotopic (exact) mass is 356 g/mol. The van der Waals surface area contributed by atoms with E-state index in [1.54, 1.807) is 12.1 Å². The van der Waals surface area contributed by atoms with Crippen LogP contribution in [0.5, 0.6) is 0 Å². The standard InChI is InChI=1S/C15H9ClN6O3/c16-9-5-7(1-4-12(9)22(24)25)17-6-8-13-10(18-15(8)23)2-3-11-14(13)20-21-19-11/h1-6,17H,(H,18,23)(H,19,20,21). The Hall–Kier alpha value is -3.46. The van der Waals surface area contributed by atoms with Crippen molar-refractivity contribution in [1.82, 2.24) is 15.4 Å². The van der Waals surface area contributed by atoms with Gasteiger partial charge in [-0.1, -0.05) is 16.8 Å². The average molecular weight is 357 g/mol. The van der Waals surface area contributed by atoms with E-state index in [-0.39, 0.29) is 16.6 Å². The van der Waals surface area contributed by atoms with Gasteiger partial charge < -0.3 is 10.6 Å². The molecule has 3 aromatic rings. The minimum Gasteiger partial charge on any atom is -0.361 e. The van der Waals surface area contributed by atoms with Crippen molar-refractivity contribution in [2.45, 2.75) is 0 Å². The molecule has 2 heterocycles. The molecule has 1 aromatic heterocycles. The number of nitro groups is 1. The second-order valence-corrected chi connectivity index (χ2v) is 5.68. The van der Waals surface area contributed by atoms with Crippen LogP contribution in [0.2, 0.25) is 5.02 Å². The number of nitro benzene ring substituents is 1. The number of rotatable bonds is 3. The van der Waals surface area contributed by atoms with Crippen LogP contribution < -0.4 is 10.6 Å². The predicted octanol–water partition coefficient (Wildman–Crippen LogP) is 2.92. The van der Waals surface area contributed by atoms with Gasteiger partial charge in [-0.2, -0.15) is 0 Å². The largest absolute Gasteiger partial charge is 0.361 e. The number of aromatic amines is 1. The lowest BCUT2D eigenvalue weighted by molar-refractivity contribution is -0.384. The fourth-order valence-electron chi connectivity index (χ4n) is 2.64. The van der Waals surface area contributed by atoms with Gasteiger partial charge in [0.25, 0.3) is 11.6 Å². The Labute approximate surface area is 144 Å². The first kappa shape index (κ1) is 15.1. The van der Waals surface area contributed by atoms with Gasteiger partial charge in [0, 0.05) is 23.5 Å². The second kappa shape index (κ2) is 5.56. The highest BCUT2D eigenvalue weighted by molar-refractivity contribution is 6.34. The number of carbonyl (C=O) groups is 1. The van der Waals surface area contributed by atoms with Crippen molar-refractivity contribution in [3.63, 3.8) is 0 Å². The number of nitrogens with one attached hydrogen (secondary N) is 3. The van der Waals surface area contributed by atoms with Gasteiger partial charge in [0.15, 0.2) is 0 Å². The summed E-state index contributed by atoms with van der Waals surface area (Å²) in [7, 11) is 0. The summed E-state index contributed by atoms with van der Waals surface area (Å²) < 4.78 is 0. The molecular formula is C15H9ClN6O3. The van der Waals surface area contributed by atoms with Crippen molar-refractivity contribution in [2.24, 2.45) is 0 Å². The molecule has 0 saturated carbocycles. The van der Waals surface area contributed by atoms with Crippen molar-refractivity contribution < 1.29 is 9.72 Å². The highest BCUT2D eigenvalue weighted by Gasteiger charge is 2.27. The first-order valence-corrected chi connectivity index (χ1v) is 7.48. The summed E-state index contributed by atoms with van der Waals surface area (Å²) in [4.78, 5) is 22.5. The fraction of sp³-hybridized carbons (Fsp3) is 0. The Balaban J connectivity index is 1.71. The third-order valence-electron chi connectivity index (χ3n) is 3.79. The number of nitrogens with zero attached hydrogens (tertiary/aromatic N) is 3. The average Bonchev–Trinajstić information content (AvgIpc) is 3.15. The van der Waals surface area contributed by atoms with Crippen LogP contribution in [0.1, 0.15) is 5.56 Å². The molecule has 124 valence electrons. The van der Waals surface area contributed by atoms with E-state index in [2.05, 4.69) is 26.0 Å². The molecular weight excluding hydrogens is 348 g/mol. The van der Waals surface area contributed by atoms with Gasteiger partial charge >= 0.3 is 0 Å². The zero-order valence-corrected chi connectivity index (χ0v) is 13.2. The summed E-state index contributed by atoms with van der Waals surface area (Å²) in [6.07, 6.45) is 1.51. The first-order valence-electron chi connectivity index (χ1n) is 7.11. The van der Waals surface area contributed by atoms with E-state index in [0.29, 0.717) is 33.5 Å². The lowest BCUT2D eigenvalue weighted by atomic mass is 10.1. The van der Waals surface area contributed by atoms with Gasteiger partial charge in [-0.15, -0.1) is 5.10 Å². The maximum atomic E-state index is 12.2. The smallest absolute Gasteiger partial charge is 0.288 e. The molecule has 4 rings (SSSR count).